The van der Waals surface area contributed by atoms with Gasteiger partial charge in [-0.3, -0.25) is 33.6 Å². The molecule has 57 heavy (non-hydrogen) atoms. The molecule has 1 unspecified atom stereocenters. The largest absolute Gasteiger partial charge is 0.473 e. The number of amides is 4. The number of rotatable bonds is 14. The molecule has 5 aromatic rings. The number of aromatic nitrogens is 5. The molecular weight excluding hydrogens is 736 g/mol. The minimum absolute atomic E-state index is 0.0749. The summed E-state index contributed by atoms with van der Waals surface area (Å²) in [4.78, 5) is 68.7. The number of aliphatic imine (C=N–C) groups is 1. The lowest BCUT2D eigenvalue weighted by Crippen LogP contribution is -2.34. The smallest absolute Gasteiger partial charge is 0.274 e. The zero-order valence-electron chi connectivity index (χ0n) is 31.7. The molecule has 296 valence electrons. The summed E-state index contributed by atoms with van der Waals surface area (Å²) in [5.74, 6) is -2.02. The molecule has 0 radical (unpaired) electrons. The van der Waals surface area contributed by atoms with E-state index in [9.17, 15) is 24.0 Å². The maximum Gasteiger partial charge on any atom is 0.274 e. The molecule has 1 atom stereocenters. The molecule has 0 spiro atoms. The number of nitrogens with two attached hydrogens (primary N) is 2. The summed E-state index contributed by atoms with van der Waals surface area (Å²) in [6, 6.07) is 15.2. The number of nitrogens with zero attached hydrogens (tertiary/aromatic N) is 6. The quantitative estimate of drug-likeness (QED) is 0.0412. The summed E-state index contributed by atoms with van der Waals surface area (Å²) in [6.45, 7) is 4.18. The van der Waals surface area contributed by atoms with E-state index in [1.807, 2.05) is 30.3 Å². The molecule has 1 fully saturated rings. The third kappa shape index (κ3) is 8.47. The zero-order valence-corrected chi connectivity index (χ0v) is 31.7. The number of benzene rings is 1. The van der Waals surface area contributed by atoms with Gasteiger partial charge < -0.3 is 55.9 Å². The minimum Gasteiger partial charge on any atom is -0.473 e. The van der Waals surface area contributed by atoms with Gasteiger partial charge >= 0.3 is 0 Å². The van der Waals surface area contributed by atoms with E-state index in [-0.39, 0.29) is 72.5 Å². The van der Waals surface area contributed by atoms with E-state index in [0.29, 0.717) is 28.3 Å². The van der Waals surface area contributed by atoms with E-state index in [1.165, 1.54) is 28.9 Å². The molecule has 0 saturated carbocycles. The third-order valence-electron chi connectivity index (χ3n) is 9.21. The topological polar surface area (TPSA) is 249 Å². The number of hydrogen-bond acceptors (Lipinski definition) is 9. The molecule has 4 aromatic heterocycles. The molecule has 1 aliphatic heterocycles. The van der Waals surface area contributed by atoms with Crippen molar-refractivity contribution in [2.75, 3.05) is 42.3 Å². The van der Waals surface area contributed by atoms with Crippen molar-refractivity contribution in [1.82, 2.24) is 28.8 Å². The lowest BCUT2D eigenvalue weighted by molar-refractivity contribution is -0.116. The lowest BCUT2D eigenvalue weighted by atomic mass is 9.87. The van der Waals surface area contributed by atoms with Crippen LogP contribution in [0.15, 0.2) is 90.3 Å². The van der Waals surface area contributed by atoms with Crippen LogP contribution in [0.1, 0.15) is 47.5 Å². The van der Waals surface area contributed by atoms with Crippen molar-refractivity contribution in [2.24, 2.45) is 44.7 Å². The Morgan fingerprint density at radius 3 is 1.81 bits per heavy atom. The van der Waals surface area contributed by atoms with Crippen molar-refractivity contribution < 1.29 is 33.4 Å². The minimum atomic E-state index is -1.20. The fourth-order valence-corrected chi connectivity index (χ4v) is 6.27. The first-order valence-electron chi connectivity index (χ1n) is 17.5. The molecule has 6 rings (SSSR count). The number of ketones is 1. The predicted octanol–water partition coefficient (Wildman–Crippen LogP) is 1.63. The number of hydrogen-bond donors (Lipinski definition) is 6. The molecule has 1 aromatic carbocycles. The van der Waals surface area contributed by atoms with Gasteiger partial charge in [-0.15, -0.1) is 5.10 Å². The summed E-state index contributed by atoms with van der Waals surface area (Å²) >= 11 is 0. The van der Waals surface area contributed by atoms with E-state index >= 15 is 0 Å². The van der Waals surface area contributed by atoms with Crippen LogP contribution >= 0.6 is 0 Å². The van der Waals surface area contributed by atoms with Gasteiger partial charge in [0.25, 0.3) is 23.6 Å². The monoisotopic (exact) mass is 778 g/mol. The highest BCUT2D eigenvalue weighted by molar-refractivity contribution is 6.08. The first-order chi connectivity index (χ1) is 27.1. The van der Waals surface area contributed by atoms with Gasteiger partial charge in [0.15, 0.2) is 17.3 Å². The van der Waals surface area contributed by atoms with Crippen LogP contribution in [0.2, 0.25) is 0 Å². The molecule has 8 N–H and O–H groups in total. The van der Waals surface area contributed by atoms with Crippen LogP contribution in [-0.2, 0) is 43.3 Å². The van der Waals surface area contributed by atoms with Crippen LogP contribution in [-0.4, -0.2) is 85.2 Å². The number of anilines is 3. The highest BCUT2D eigenvalue weighted by atomic mass is 16.6. The van der Waals surface area contributed by atoms with Crippen molar-refractivity contribution in [2.45, 2.75) is 5.60 Å². The highest BCUT2D eigenvalue weighted by Gasteiger charge is 2.46. The van der Waals surface area contributed by atoms with Crippen LogP contribution in [0.4, 0.5) is 17.1 Å². The molecule has 4 amide bonds. The van der Waals surface area contributed by atoms with Crippen LogP contribution in [0.25, 0.3) is 0 Å². The maximum absolute atomic E-state index is 13.3. The number of carbonyl (C=O) groups excluding carboxylic acids is 5. The Morgan fingerprint density at radius 1 is 0.807 bits per heavy atom. The first kappa shape index (κ1) is 39.3. The Morgan fingerprint density at radius 2 is 1.32 bits per heavy atom. The van der Waals surface area contributed by atoms with Gasteiger partial charge in [-0.05, 0) is 23.8 Å². The lowest BCUT2D eigenvalue weighted by Gasteiger charge is -2.28. The number of carbonyl (C=O) groups is 5. The molecule has 19 heteroatoms. The Hall–Kier alpha value is -7.41. The van der Waals surface area contributed by atoms with Gasteiger partial charge in [0.05, 0.1) is 23.6 Å². The van der Waals surface area contributed by atoms with Crippen LogP contribution in [0, 0.1) is 0 Å². The van der Waals surface area contributed by atoms with Gasteiger partial charge in [-0.2, -0.15) is 0 Å². The molecule has 19 nitrogen and oxygen atoms in total. The van der Waals surface area contributed by atoms with Crippen LogP contribution < -0.4 is 37.5 Å². The summed E-state index contributed by atoms with van der Waals surface area (Å²) in [5, 5.41) is 15.3. The number of nitrogens with one attached hydrogen (secondary N) is 4. The Balaban J connectivity index is 1.06. The van der Waals surface area contributed by atoms with E-state index in [1.54, 1.807) is 60.5 Å². The average molecular weight is 779 g/mol. The fourth-order valence-electron chi connectivity index (χ4n) is 6.27. The molecule has 0 bridgehead atoms. The van der Waals surface area contributed by atoms with Gasteiger partial charge in [0.1, 0.15) is 36.0 Å². The van der Waals surface area contributed by atoms with Crippen molar-refractivity contribution >= 4 is 52.4 Å². The van der Waals surface area contributed by atoms with E-state index in [4.69, 9.17) is 20.9 Å². The molecular formula is C38H42N12O7. The Kier molecular flexibility index (Phi) is 11.1. The van der Waals surface area contributed by atoms with Gasteiger partial charge in [0, 0.05) is 65.0 Å². The standard InChI is InChI=1S/C38H42N12O7/c1-22-31(51)20-57-38(22,23-9-7-6-8-10-23)21-56-32-16-30(50(5)46-32)36(55)45-26-15-29(49(4)19-26)35(54)44-25-14-28(48(3)18-25)34(53)43-24-13-27(47(2)17-24)33(52)41-11-12-42-37(39)40/h6-10,13-19H,1,11-12,20-21H2,2-5H3,(H,41,52)(H,43,53)(H,44,54)(H,45,55)(H4,39,40,42). The van der Waals surface area contributed by atoms with Crippen LogP contribution in [0.5, 0.6) is 5.88 Å². The number of aryl methyl sites for hydroxylation is 4. The first-order valence-corrected chi connectivity index (χ1v) is 17.5. The molecule has 1 aliphatic rings. The van der Waals surface area contributed by atoms with E-state index in [0.717, 1.165) is 0 Å². The average Bonchev–Trinajstić information content (AvgIpc) is 3.98. The number of ether oxygens (including phenoxy) is 2. The summed E-state index contributed by atoms with van der Waals surface area (Å²) in [6.07, 6.45) is 4.75. The number of guanidine groups is 1. The fraction of sp³-hybridized carbons (Fsp3) is 0.237. The van der Waals surface area contributed by atoms with Crippen molar-refractivity contribution in [1.29, 1.82) is 0 Å². The summed E-state index contributed by atoms with van der Waals surface area (Å²) in [7, 11) is 6.55. The van der Waals surface area contributed by atoms with Crippen molar-refractivity contribution in [3.63, 3.8) is 0 Å². The van der Waals surface area contributed by atoms with Crippen molar-refractivity contribution in [3.05, 3.63) is 114 Å². The van der Waals surface area contributed by atoms with Gasteiger partial charge in [0.2, 0.25) is 5.88 Å². The second-order valence-electron chi connectivity index (χ2n) is 13.3. The molecule has 1 saturated heterocycles. The number of Topliss-reactive ketones (excluding diaryl/α,β-unsaturated/α-hetero) is 1. The second-order valence-corrected chi connectivity index (χ2v) is 13.3. The third-order valence-corrected chi connectivity index (χ3v) is 9.21. The van der Waals surface area contributed by atoms with Crippen LogP contribution in [0.3, 0.4) is 0 Å². The summed E-state index contributed by atoms with van der Waals surface area (Å²) < 4.78 is 17.9. The zero-order chi connectivity index (χ0) is 41.0. The van der Waals surface area contributed by atoms with Crippen molar-refractivity contribution in [3.8, 4) is 5.88 Å². The second kappa shape index (κ2) is 16.1. The van der Waals surface area contributed by atoms with Gasteiger partial charge in [-0.1, -0.05) is 36.9 Å². The SMILES string of the molecule is C=C1C(=O)COC1(COc1cc(C(=O)Nc2cc(C(=O)Nc3cc(C(=O)Nc4cc(C(=O)NCCN=C(N)N)n(C)c4)n(C)c3)n(C)c2)n(C)n1)c1ccccc1. The maximum atomic E-state index is 13.3. The summed E-state index contributed by atoms with van der Waals surface area (Å²) in [5.41, 5.74) is 12.4. The molecule has 0 aliphatic carbocycles. The van der Waals surface area contributed by atoms with Gasteiger partial charge in [-0.25, -0.2) is 0 Å². The predicted molar refractivity (Wildman–Crippen MR) is 210 cm³/mol. The Labute approximate surface area is 326 Å². The van der Waals surface area contributed by atoms with E-state index in [2.05, 4.69) is 37.9 Å². The normalized spacial score (nSPS) is 14.9. The highest BCUT2D eigenvalue weighted by Crippen LogP contribution is 2.38. The Bertz CT molecular complexity index is 2420. The van der Waals surface area contributed by atoms with E-state index < -0.39 is 23.3 Å². The molecule has 5 heterocycles.